The average molecular weight is 216 g/mol. The molecule has 15 heavy (non-hydrogen) atoms. The van der Waals surface area contributed by atoms with E-state index in [1.807, 2.05) is 6.92 Å². The second-order valence-electron chi connectivity index (χ2n) is 4.51. The zero-order valence-electron chi connectivity index (χ0n) is 9.78. The van der Waals surface area contributed by atoms with Gasteiger partial charge in [0.1, 0.15) is 0 Å². The second kappa shape index (κ2) is 6.43. The van der Waals surface area contributed by atoms with Gasteiger partial charge in [0, 0.05) is 31.8 Å². The van der Waals surface area contributed by atoms with E-state index < -0.39 is 0 Å². The van der Waals surface area contributed by atoms with E-state index in [1.54, 1.807) is 0 Å². The van der Waals surface area contributed by atoms with Crippen LogP contribution in [-0.2, 0) is 4.74 Å². The number of aliphatic hydroxyl groups is 1. The maximum atomic E-state index is 9.05. The molecular weight excluding hydrogens is 192 g/mol. The molecule has 1 aliphatic heterocycles. The molecule has 0 aromatic rings. The van der Waals surface area contributed by atoms with Gasteiger partial charge in [0.15, 0.2) is 0 Å². The van der Waals surface area contributed by atoms with Crippen LogP contribution in [0.15, 0.2) is 0 Å². The lowest BCUT2D eigenvalue weighted by molar-refractivity contribution is 0.0719. The second-order valence-corrected chi connectivity index (χ2v) is 4.51. The number of ether oxygens (including phenoxy) is 1. The van der Waals surface area contributed by atoms with Crippen molar-refractivity contribution in [2.45, 2.75) is 44.9 Å². The summed E-state index contributed by atoms with van der Waals surface area (Å²) in [7, 11) is 0. The minimum atomic E-state index is 0.205. The highest BCUT2D eigenvalue weighted by Crippen LogP contribution is 2.16. The molecule has 90 valence electrons. The number of aliphatic hydroxyl groups excluding tert-OH is 1. The molecule has 0 aliphatic carbocycles. The number of nitrogens with one attached hydrogen (secondary N) is 1. The molecule has 0 aromatic carbocycles. The van der Waals surface area contributed by atoms with Gasteiger partial charge in [-0.3, -0.25) is 0 Å². The Morgan fingerprint density at radius 3 is 2.73 bits per heavy atom. The van der Waals surface area contributed by atoms with E-state index in [0.29, 0.717) is 6.54 Å². The third kappa shape index (κ3) is 3.72. The van der Waals surface area contributed by atoms with E-state index in [-0.39, 0.29) is 30.7 Å². The van der Waals surface area contributed by atoms with Crippen molar-refractivity contribution in [2.24, 2.45) is 11.7 Å². The molecule has 4 N–H and O–H groups in total. The van der Waals surface area contributed by atoms with Gasteiger partial charge in [-0.2, -0.15) is 0 Å². The first-order valence-corrected chi connectivity index (χ1v) is 5.87. The lowest BCUT2D eigenvalue weighted by Gasteiger charge is -2.29. The third-order valence-corrected chi connectivity index (χ3v) is 3.29. The third-order valence-electron chi connectivity index (χ3n) is 3.29. The molecule has 1 heterocycles. The van der Waals surface area contributed by atoms with Crippen LogP contribution in [0.25, 0.3) is 0 Å². The van der Waals surface area contributed by atoms with Crippen molar-refractivity contribution in [1.82, 2.24) is 5.32 Å². The normalized spacial score (nSPS) is 27.6. The van der Waals surface area contributed by atoms with Gasteiger partial charge in [0.05, 0.1) is 6.10 Å². The summed E-state index contributed by atoms with van der Waals surface area (Å²) in [6, 6.07) is 0.490. The van der Waals surface area contributed by atoms with Crippen molar-refractivity contribution in [3.63, 3.8) is 0 Å². The van der Waals surface area contributed by atoms with Crippen molar-refractivity contribution in [2.75, 3.05) is 19.8 Å². The predicted molar refractivity (Wildman–Crippen MR) is 60.7 cm³/mol. The molecule has 0 radical (unpaired) electrons. The average Bonchev–Trinajstić information content (AvgIpc) is 2.77. The van der Waals surface area contributed by atoms with Crippen molar-refractivity contribution in [3.05, 3.63) is 0 Å². The van der Waals surface area contributed by atoms with Crippen molar-refractivity contribution < 1.29 is 9.84 Å². The molecule has 1 aliphatic rings. The van der Waals surface area contributed by atoms with Gasteiger partial charge in [-0.1, -0.05) is 6.92 Å². The SMILES string of the molecule is CC(CO)C(C)NC(CN)C1CCCO1. The lowest BCUT2D eigenvalue weighted by Crippen LogP contribution is -2.50. The summed E-state index contributed by atoms with van der Waals surface area (Å²) < 4.78 is 5.62. The molecule has 0 aromatic heterocycles. The first-order valence-electron chi connectivity index (χ1n) is 5.87. The topological polar surface area (TPSA) is 67.5 Å². The molecule has 0 bridgehead atoms. The molecule has 1 fully saturated rings. The summed E-state index contributed by atoms with van der Waals surface area (Å²) >= 11 is 0. The first-order chi connectivity index (χ1) is 7.19. The number of hydrogen-bond donors (Lipinski definition) is 3. The van der Waals surface area contributed by atoms with Crippen LogP contribution in [0.5, 0.6) is 0 Å². The number of hydrogen-bond acceptors (Lipinski definition) is 4. The summed E-state index contributed by atoms with van der Waals surface area (Å²) in [4.78, 5) is 0. The highest BCUT2D eigenvalue weighted by Gasteiger charge is 2.26. The molecule has 1 saturated heterocycles. The standard InChI is InChI=1S/C11H24N2O2/c1-8(7-14)9(2)13-10(6-12)11-4-3-5-15-11/h8-11,13-14H,3-7,12H2,1-2H3. The van der Waals surface area contributed by atoms with Crippen LogP contribution < -0.4 is 11.1 Å². The van der Waals surface area contributed by atoms with Gasteiger partial charge in [-0.25, -0.2) is 0 Å². The van der Waals surface area contributed by atoms with Gasteiger partial charge < -0.3 is 20.9 Å². The first kappa shape index (κ1) is 12.9. The van der Waals surface area contributed by atoms with Crippen LogP contribution in [0.4, 0.5) is 0 Å². The summed E-state index contributed by atoms with van der Waals surface area (Å²) in [6.07, 6.45) is 2.48. The molecule has 4 heteroatoms. The zero-order valence-corrected chi connectivity index (χ0v) is 9.78. The summed E-state index contributed by atoms with van der Waals surface area (Å²) in [5.41, 5.74) is 5.74. The van der Waals surface area contributed by atoms with Crippen molar-refractivity contribution in [3.8, 4) is 0 Å². The summed E-state index contributed by atoms with van der Waals surface area (Å²) in [5.74, 6) is 0.250. The molecule has 4 nitrogen and oxygen atoms in total. The van der Waals surface area contributed by atoms with E-state index >= 15 is 0 Å². The summed E-state index contributed by atoms with van der Waals surface area (Å²) in [6.45, 7) is 5.76. The minimum absolute atomic E-state index is 0.205. The Morgan fingerprint density at radius 2 is 2.27 bits per heavy atom. The summed E-state index contributed by atoms with van der Waals surface area (Å²) in [5, 5.41) is 12.5. The maximum absolute atomic E-state index is 9.05. The fourth-order valence-corrected chi connectivity index (χ4v) is 1.91. The van der Waals surface area contributed by atoms with Gasteiger partial charge in [0.2, 0.25) is 0 Å². The Morgan fingerprint density at radius 1 is 1.53 bits per heavy atom. The Kier molecular flexibility index (Phi) is 5.53. The fourth-order valence-electron chi connectivity index (χ4n) is 1.91. The Labute approximate surface area is 92.2 Å². The van der Waals surface area contributed by atoms with Crippen LogP contribution in [-0.4, -0.2) is 43.1 Å². The van der Waals surface area contributed by atoms with E-state index in [1.165, 1.54) is 0 Å². The Balaban J connectivity index is 2.38. The highest BCUT2D eigenvalue weighted by atomic mass is 16.5. The van der Waals surface area contributed by atoms with E-state index in [4.69, 9.17) is 15.6 Å². The Hall–Kier alpha value is -0.160. The number of nitrogens with two attached hydrogens (primary N) is 1. The molecule has 0 spiro atoms. The lowest BCUT2D eigenvalue weighted by atomic mass is 10.0. The van der Waals surface area contributed by atoms with Crippen LogP contribution in [0.3, 0.4) is 0 Å². The highest BCUT2D eigenvalue weighted by molar-refractivity contribution is 4.84. The molecular formula is C11H24N2O2. The number of rotatable bonds is 6. The van der Waals surface area contributed by atoms with Crippen molar-refractivity contribution >= 4 is 0 Å². The van der Waals surface area contributed by atoms with Crippen LogP contribution in [0.2, 0.25) is 0 Å². The Bertz CT molecular complexity index is 172. The minimum Gasteiger partial charge on any atom is -0.396 e. The van der Waals surface area contributed by atoms with Gasteiger partial charge in [0.25, 0.3) is 0 Å². The van der Waals surface area contributed by atoms with Crippen molar-refractivity contribution in [1.29, 1.82) is 0 Å². The van der Waals surface area contributed by atoms with Gasteiger partial charge in [-0.15, -0.1) is 0 Å². The monoisotopic (exact) mass is 216 g/mol. The molecule has 0 saturated carbocycles. The smallest absolute Gasteiger partial charge is 0.0741 e. The zero-order chi connectivity index (χ0) is 11.3. The van der Waals surface area contributed by atoms with E-state index in [2.05, 4.69) is 12.2 Å². The maximum Gasteiger partial charge on any atom is 0.0741 e. The van der Waals surface area contributed by atoms with Crippen LogP contribution in [0, 0.1) is 5.92 Å². The molecule has 4 unspecified atom stereocenters. The molecule has 4 atom stereocenters. The van der Waals surface area contributed by atoms with E-state index in [0.717, 1.165) is 19.4 Å². The fraction of sp³-hybridized carbons (Fsp3) is 1.00. The largest absolute Gasteiger partial charge is 0.396 e. The molecule has 1 rings (SSSR count). The van der Waals surface area contributed by atoms with E-state index in [9.17, 15) is 0 Å². The van der Waals surface area contributed by atoms with Crippen LogP contribution in [0.1, 0.15) is 26.7 Å². The van der Waals surface area contributed by atoms with Crippen LogP contribution >= 0.6 is 0 Å². The van der Waals surface area contributed by atoms with Gasteiger partial charge >= 0.3 is 0 Å². The predicted octanol–water partition coefficient (Wildman–Crippen LogP) is 0.0992. The molecule has 0 amide bonds. The van der Waals surface area contributed by atoms with Gasteiger partial charge in [-0.05, 0) is 25.7 Å². The quantitative estimate of drug-likeness (QED) is 0.589.